The first kappa shape index (κ1) is 17.2. The first-order valence-electron chi connectivity index (χ1n) is 8.26. The average molecular weight is 391 g/mol. The molecule has 0 N–H and O–H groups in total. The second-order valence-electron chi connectivity index (χ2n) is 6.40. The van der Waals surface area contributed by atoms with Crippen molar-refractivity contribution in [1.29, 1.82) is 0 Å². The maximum atomic E-state index is 12.4. The van der Waals surface area contributed by atoms with Gasteiger partial charge in [0.2, 0.25) is 5.91 Å². The predicted octanol–water partition coefficient (Wildman–Crippen LogP) is 2.61. The summed E-state index contributed by atoms with van der Waals surface area (Å²) in [6, 6.07) is 8.67. The van der Waals surface area contributed by atoms with E-state index in [2.05, 4.69) is 57.1 Å². The van der Waals surface area contributed by atoms with Gasteiger partial charge in [0.25, 0.3) is 0 Å². The molecule has 1 aromatic carbocycles. The molecule has 2 aromatic rings. The van der Waals surface area contributed by atoms with Gasteiger partial charge in [-0.3, -0.25) is 14.4 Å². The van der Waals surface area contributed by atoms with E-state index in [1.54, 1.807) is 4.68 Å². The molecule has 1 aliphatic rings. The van der Waals surface area contributed by atoms with Crippen LogP contribution in [0.25, 0.3) is 0 Å². The molecule has 2 heterocycles. The van der Waals surface area contributed by atoms with E-state index in [0.717, 1.165) is 42.9 Å². The smallest absolute Gasteiger partial charge is 0.244 e. The van der Waals surface area contributed by atoms with Gasteiger partial charge in [-0.25, -0.2) is 0 Å². The second kappa shape index (κ2) is 7.49. The van der Waals surface area contributed by atoms with Crippen molar-refractivity contribution >= 4 is 21.8 Å². The number of halogens is 1. The molecule has 0 aliphatic carbocycles. The van der Waals surface area contributed by atoms with Crippen molar-refractivity contribution in [1.82, 2.24) is 19.6 Å². The molecular weight excluding hydrogens is 368 g/mol. The molecule has 0 radical (unpaired) electrons. The van der Waals surface area contributed by atoms with E-state index in [1.165, 1.54) is 11.1 Å². The zero-order chi connectivity index (χ0) is 17.1. The Morgan fingerprint density at radius 3 is 2.38 bits per heavy atom. The molecule has 1 aliphatic heterocycles. The molecule has 1 fully saturated rings. The van der Waals surface area contributed by atoms with Crippen molar-refractivity contribution < 1.29 is 4.79 Å². The molecule has 0 bridgehead atoms. The van der Waals surface area contributed by atoms with Crippen molar-refractivity contribution in [3.63, 3.8) is 0 Å². The summed E-state index contributed by atoms with van der Waals surface area (Å²) in [5, 5.41) is 4.33. The fourth-order valence-electron chi connectivity index (χ4n) is 2.92. The first-order valence-corrected chi connectivity index (χ1v) is 9.06. The highest BCUT2D eigenvalue weighted by molar-refractivity contribution is 9.10. The number of hydrogen-bond donors (Lipinski definition) is 0. The van der Waals surface area contributed by atoms with E-state index in [-0.39, 0.29) is 5.91 Å². The standard InChI is InChI=1S/C18H23BrN4O/c1-14-3-5-16(6-4-14)11-21-7-9-22(10-8-21)18(24)13-23-12-17(19)15(2)20-23/h3-6,12H,7-11,13H2,1-2H3. The Bertz CT molecular complexity index is 683. The molecule has 24 heavy (non-hydrogen) atoms. The molecule has 128 valence electrons. The van der Waals surface area contributed by atoms with Gasteiger partial charge in [0, 0.05) is 38.9 Å². The summed E-state index contributed by atoms with van der Waals surface area (Å²) in [7, 11) is 0. The van der Waals surface area contributed by atoms with E-state index in [1.807, 2.05) is 18.0 Å². The zero-order valence-corrected chi connectivity index (χ0v) is 15.8. The van der Waals surface area contributed by atoms with Crippen molar-refractivity contribution in [3.05, 3.63) is 51.8 Å². The van der Waals surface area contributed by atoms with Gasteiger partial charge in [-0.15, -0.1) is 0 Å². The topological polar surface area (TPSA) is 41.4 Å². The second-order valence-corrected chi connectivity index (χ2v) is 7.26. The molecule has 0 unspecified atom stereocenters. The fourth-order valence-corrected chi connectivity index (χ4v) is 3.24. The van der Waals surface area contributed by atoms with Crippen LogP contribution in [-0.2, 0) is 17.9 Å². The number of rotatable bonds is 4. The third-order valence-corrected chi connectivity index (χ3v) is 5.21. The number of carbonyl (C=O) groups is 1. The van der Waals surface area contributed by atoms with Crippen LogP contribution in [0, 0.1) is 13.8 Å². The number of benzene rings is 1. The summed E-state index contributed by atoms with van der Waals surface area (Å²) in [5.41, 5.74) is 3.53. The van der Waals surface area contributed by atoms with Crippen LogP contribution in [0.4, 0.5) is 0 Å². The number of piperazine rings is 1. The van der Waals surface area contributed by atoms with Gasteiger partial charge < -0.3 is 4.90 Å². The van der Waals surface area contributed by atoms with Gasteiger partial charge in [0.1, 0.15) is 6.54 Å². The van der Waals surface area contributed by atoms with Gasteiger partial charge in [0.15, 0.2) is 0 Å². The van der Waals surface area contributed by atoms with Crippen molar-refractivity contribution in [2.45, 2.75) is 26.9 Å². The normalized spacial score (nSPS) is 15.7. The minimum Gasteiger partial charge on any atom is -0.339 e. The van der Waals surface area contributed by atoms with E-state index in [9.17, 15) is 4.79 Å². The number of hydrogen-bond acceptors (Lipinski definition) is 3. The van der Waals surface area contributed by atoms with Gasteiger partial charge in [0.05, 0.1) is 10.2 Å². The minimum atomic E-state index is 0.139. The van der Waals surface area contributed by atoms with Gasteiger partial charge >= 0.3 is 0 Å². The monoisotopic (exact) mass is 390 g/mol. The van der Waals surface area contributed by atoms with Crippen LogP contribution in [0.1, 0.15) is 16.8 Å². The molecule has 0 atom stereocenters. The average Bonchev–Trinajstić information content (AvgIpc) is 2.88. The molecule has 0 saturated carbocycles. The Morgan fingerprint density at radius 2 is 1.79 bits per heavy atom. The van der Waals surface area contributed by atoms with E-state index < -0.39 is 0 Å². The molecule has 5 nitrogen and oxygen atoms in total. The van der Waals surface area contributed by atoms with Crippen molar-refractivity contribution in [2.75, 3.05) is 26.2 Å². The summed E-state index contributed by atoms with van der Waals surface area (Å²) < 4.78 is 2.65. The zero-order valence-electron chi connectivity index (χ0n) is 14.2. The number of nitrogens with zero attached hydrogens (tertiary/aromatic N) is 4. The SMILES string of the molecule is Cc1ccc(CN2CCN(C(=O)Cn3cc(Br)c(C)n3)CC2)cc1. The third kappa shape index (κ3) is 4.24. The summed E-state index contributed by atoms with van der Waals surface area (Å²) in [4.78, 5) is 16.8. The minimum absolute atomic E-state index is 0.139. The molecule has 1 amide bonds. The largest absolute Gasteiger partial charge is 0.339 e. The fraction of sp³-hybridized carbons (Fsp3) is 0.444. The lowest BCUT2D eigenvalue weighted by Gasteiger charge is -2.34. The Balaban J connectivity index is 1.49. The molecule has 1 aromatic heterocycles. The van der Waals surface area contributed by atoms with Gasteiger partial charge in [-0.05, 0) is 35.3 Å². The molecular formula is C18H23BrN4O. The highest BCUT2D eigenvalue weighted by Crippen LogP contribution is 2.14. The Morgan fingerprint density at radius 1 is 1.12 bits per heavy atom. The van der Waals surface area contributed by atoms with E-state index in [0.29, 0.717) is 6.54 Å². The summed E-state index contributed by atoms with van der Waals surface area (Å²) in [6.07, 6.45) is 1.86. The van der Waals surface area contributed by atoms with E-state index in [4.69, 9.17) is 0 Å². The molecule has 0 spiro atoms. The lowest BCUT2D eigenvalue weighted by molar-refractivity contribution is -0.133. The highest BCUT2D eigenvalue weighted by atomic mass is 79.9. The number of aryl methyl sites for hydroxylation is 2. The first-order chi connectivity index (χ1) is 11.5. The Kier molecular flexibility index (Phi) is 5.36. The molecule has 1 saturated heterocycles. The van der Waals surface area contributed by atoms with E-state index >= 15 is 0 Å². The molecule has 6 heteroatoms. The van der Waals surface area contributed by atoms with Crippen LogP contribution >= 0.6 is 15.9 Å². The maximum absolute atomic E-state index is 12.4. The van der Waals surface area contributed by atoms with Crippen LogP contribution in [0.15, 0.2) is 34.9 Å². The molecule has 3 rings (SSSR count). The van der Waals surface area contributed by atoms with Gasteiger partial charge in [-0.1, -0.05) is 29.8 Å². The third-order valence-electron chi connectivity index (χ3n) is 4.44. The van der Waals surface area contributed by atoms with Crippen LogP contribution in [0.5, 0.6) is 0 Å². The maximum Gasteiger partial charge on any atom is 0.244 e. The van der Waals surface area contributed by atoms with Crippen LogP contribution in [0.2, 0.25) is 0 Å². The van der Waals surface area contributed by atoms with Crippen molar-refractivity contribution in [3.8, 4) is 0 Å². The lowest BCUT2D eigenvalue weighted by atomic mass is 10.1. The van der Waals surface area contributed by atoms with Crippen LogP contribution in [-0.4, -0.2) is 51.7 Å². The van der Waals surface area contributed by atoms with Crippen LogP contribution in [0.3, 0.4) is 0 Å². The van der Waals surface area contributed by atoms with Crippen molar-refractivity contribution in [2.24, 2.45) is 0 Å². The Labute approximate surface area is 151 Å². The summed E-state index contributed by atoms with van der Waals surface area (Å²) in [6.45, 7) is 8.70. The number of aromatic nitrogens is 2. The predicted molar refractivity (Wildman–Crippen MR) is 97.7 cm³/mol. The highest BCUT2D eigenvalue weighted by Gasteiger charge is 2.21. The lowest BCUT2D eigenvalue weighted by Crippen LogP contribution is -2.49. The number of amides is 1. The van der Waals surface area contributed by atoms with Gasteiger partial charge in [-0.2, -0.15) is 5.10 Å². The van der Waals surface area contributed by atoms with Crippen LogP contribution < -0.4 is 0 Å². The Hall–Kier alpha value is -1.66. The summed E-state index contributed by atoms with van der Waals surface area (Å²) in [5.74, 6) is 0.139. The summed E-state index contributed by atoms with van der Waals surface area (Å²) >= 11 is 3.43. The quantitative estimate of drug-likeness (QED) is 0.805. The number of carbonyl (C=O) groups excluding carboxylic acids is 1.